The number of carbonyl (C=O) groups excluding carboxylic acids is 2. The third kappa shape index (κ3) is 5.93. The lowest BCUT2D eigenvalue weighted by atomic mass is 9.78. The topological polar surface area (TPSA) is 85.8 Å². The van der Waals surface area contributed by atoms with Crippen LogP contribution in [0.25, 0.3) is 10.6 Å². The number of benzene rings is 1. The van der Waals surface area contributed by atoms with Crippen LogP contribution in [0, 0.1) is 5.92 Å². The number of aromatic nitrogens is 1. The molecule has 38 heavy (non-hydrogen) atoms. The second-order valence-corrected chi connectivity index (χ2v) is 11.9. The van der Waals surface area contributed by atoms with Gasteiger partial charge in [0.05, 0.1) is 11.8 Å². The number of piperidine rings is 1. The Kier molecular flexibility index (Phi) is 9.84. The average Bonchev–Trinajstić information content (AvgIpc) is 3.41. The van der Waals surface area contributed by atoms with E-state index in [-0.39, 0.29) is 30.1 Å². The fourth-order valence-electron chi connectivity index (χ4n) is 6.36. The molecule has 2 aliphatic heterocycles. The van der Waals surface area contributed by atoms with Gasteiger partial charge >= 0.3 is 0 Å². The number of aliphatic hydroxyl groups excluding tert-OH is 1. The summed E-state index contributed by atoms with van der Waals surface area (Å²) in [6, 6.07) is 9.41. The molecule has 1 aliphatic carbocycles. The van der Waals surface area contributed by atoms with Crippen molar-refractivity contribution in [1.82, 2.24) is 20.1 Å². The molecule has 1 saturated carbocycles. The minimum absolute atomic E-state index is 0. The fourth-order valence-corrected chi connectivity index (χ4v) is 7.18. The summed E-state index contributed by atoms with van der Waals surface area (Å²) in [4.78, 5) is 36.5. The summed E-state index contributed by atoms with van der Waals surface area (Å²) >= 11 is 1.66. The largest absolute Gasteiger partial charge is 0.390 e. The van der Waals surface area contributed by atoms with Crippen molar-refractivity contribution in [2.45, 2.75) is 88.9 Å². The molecule has 0 bridgehead atoms. The van der Waals surface area contributed by atoms with Crippen LogP contribution in [0.3, 0.4) is 0 Å². The molecule has 0 unspecified atom stereocenters. The Bertz CT molecular complexity index is 1070. The van der Waals surface area contributed by atoms with Gasteiger partial charge in [-0.25, -0.2) is 4.98 Å². The van der Waals surface area contributed by atoms with Gasteiger partial charge in [-0.1, -0.05) is 62.9 Å². The van der Waals surface area contributed by atoms with Crippen LogP contribution < -0.4 is 5.32 Å². The highest BCUT2D eigenvalue weighted by Gasteiger charge is 2.55. The Labute approximate surface area is 236 Å². The maximum absolute atomic E-state index is 13.8. The first-order valence-electron chi connectivity index (χ1n) is 14.0. The molecule has 9 heteroatoms. The maximum Gasteiger partial charge on any atom is 0.248 e. The zero-order valence-corrected chi connectivity index (χ0v) is 23.9. The smallest absolute Gasteiger partial charge is 0.248 e. The van der Waals surface area contributed by atoms with Gasteiger partial charge in [-0.2, -0.15) is 0 Å². The van der Waals surface area contributed by atoms with E-state index in [9.17, 15) is 14.7 Å². The SMILES string of the molecule is CCCCN1C(=O)[C@@H]([C@H](O)C2CCCCC2)NC(=O)C12CCN(Cc1csc(-c3ccccc3)n1)CC2.Cl. The van der Waals surface area contributed by atoms with Crippen molar-refractivity contribution in [2.75, 3.05) is 19.6 Å². The Morgan fingerprint density at radius 1 is 1.13 bits per heavy atom. The van der Waals surface area contributed by atoms with Crippen molar-refractivity contribution >= 4 is 35.6 Å². The third-order valence-electron chi connectivity index (χ3n) is 8.61. The summed E-state index contributed by atoms with van der Waals surface area (Å²) in [5, 5.41) is 17.3. The molecule has 7 nitrogen and oxygen atoms in total. The number of hydrogen-bond acceptors (Lipinski definition) is 6. The molecular weight excluding hydrogens is 520 g/mol. The molecule has 3 fully saturated rings. The molecule has 0 radical (unpaired) electrons. The summed E-state index contributed by atoms with van der Waals surface area (Å²) in [5.41, 5.74) is 1.36. The van der Waals surface area contributed by atoms with Gasteiger partial charge in [0.2, 0.25) is 11.8 Å². The van der Waals surface area contributed by atoms with E-state index in [4.69, 9.17) is 4.98 Å². The third-order valence-corrected chi connectivity index (χ3v) is 9.55. The van der Waals surface area contributed by atoms with Crippen LogP contribution in [0.15, 0.2) is 35.7 Å². The number of piperazine rings is 1. The van der Waals surface area contributed by atoms with E-state index in [0.717, 1.165) is 74.4 Å². The molecular formula is C29H41ClN4O3S. The number of aliphatic hydroxyl groups is 1. The predicted octanol–water partition coefficient (Wildman–Crippen LogP) is 4.63. The van der Waals surface area contributed by atoms with Crippen molar-refractivity contribution in [3.63, 3.8) is 0 Å². The number of nitrogens with one attached hydrogen (secondary N) is 1. The van der Waals surface area contributed by atoms with Gasteiger partial charge in [0, 0.05) is 37.1 Å². The van der Waals surface area contributed by atoms with Gasteiger partial charge in [0.15, 0.2) is 0 Å². The van der Waals surface area contributed by atoms with Crippen molar-refractivity contribution in [3.8, 4) is 10.6 Å². The summed E-state index contributed by atoms with van der Waals surface area (Å²) < 4.78 is 0. The number of halogens is 1. The first-order valence-corrected chi connectivity index (χ1v) is 14.9. The zero-order chi connectivity index (χ0) is 25.8. The Hall–Kier alpha value is -2.00. The van der Waals surface area contributed by atoms with E-state index in [2.05, 4.69) is 34.7 Å². The van der Waals surface area contributed by atoms with Crippen LogP contribution in [0.5, 0.6) is 0 Å². The molecule has 5 rings (SSSR count). The number of nitrogens with zero attached hydrogens (tertiary/aromatic N) is 3. The Balaban J connectivity index is 0.00000336. The predicted molar refractivity (Wildman–Crippen MR) is 153 cm³/mol. The number of rotatable bonds is 8. The fraction of sp³-hybridized carbons (Fsp3) is 0.621. The molecule has 2 saturated heterocycles. The number of unbranched alkanes of at least 4 members (excludes halogenated alkanes) is 1. The van der Waals surface area contributed by atoms with E-state index in [1.165, 1.54) is 6.42 Å². The van der Waals surface area contributed by atoms with Crippen LogP contribution in [0.4, 0.5) is 0 Å². The molecule has 2 amide bonds. The normalized spacial score (nSPS) is 23.2. The quantitative estimate of drug-likeness (QED) is 0.491. The van der Waals surface area contributed by atoms with Gasteiger partial charge in [0.1, 0.15) is 16.6 Å². The van der Waals surface area contributed by atoms with Gasteiger partial charge in [-0.3, -0.25) is 14.5 Å². The Morgan fingerprint density at radius 3 is 2.53 bits per heavy atom. The molecule has 208 valence electrons. The number of amides is 2. The highest BCUT2D eigenvalue weighted by Crippen LogP contribution is 2.36. The van der Waals surface area contributed by atoms with Gasteiger partial charge in [-0.05, 0) is 38.0 Å². The number of likely N-dealkylation sites (tertiary alicyclic amines) is 1. The van der Waals surface area contributed by atoms with Gasteiger partial charge in [0.25, 0.3) is 0 Å². The number of hydrogen-bond donors (Lipinski definition) is 2. The molecule has 2 atom stereocenters. The summed E-state index contributed by atoms with van der Waals surface area (Å²) in [5.74, 6) is -0.0832. The number of carbonyl (C=O) groups is 2. The standard InChI is InChI=1S/C29H40N4O3S.ClH/c1-2-3-16-33-27(35)24(25(34)21-10-6-4-7-11-21)31-28(36)29(33)14-17-32(18-15-29)19-23-20-37-26(30-23)22-12-8-5-9-13-22;/h5,8-9,12-13,20-21,24-25,34H,2-4,6-7,10-11,14-19H2,1H3,(H,31,36);1H/t24-,25-;/m1./s1. The first-order chi connectivity index (χ1) is 18.0. The monoisotopic (exact) mass is 560 g/mol. The lowest BCUT2D eigenvalue weighted by molar-refractivity contribution is -0.166. The lowest BCUT2D eigenvalue weighted by Crippen LogP contribution is -2.75. The minimum atomic E-state index is -0.817. The second kappa shape index (κ2) is 12.9. The van der Waals surface area contributed by atoms with Crippen LogP contribution >= 0.6 is 23.7 Å². The molecule has 1 aromatic heterocycles. The van der Waals surface area contributed by atoms with Crippen molar-refractivity contribution in [2.24, 2.45) is 5.92 Å². The minimum Gasteiger partial charge on any atom is -0.390 e. The highest BCUT2D eigenvalue weighted by molar-refractivity contribution is 7.13. The van der Waals surface area contributed by atoms with Crippen molar-refractivity contribution in [3.05, 3.63) is 41.4 Å². The molecule has 3 heterocycles. The molecule has 2 aromatic rings. The van der Waals surface area contributed by atoms with E-state index in [0.29, 0.717) is 19.4 Å². The molecule has 3 aliphatic rings. The highest BCUT2D eigenvalue weighted by atomic mass is 35.5. The van der Waals surface area contributed by atoms with E-state index >= 15 is 0 Å². The van der Waals surface area contributed by atoms with Crippen molar-refractivity contribution < 1.29 is 14.7 Å². The van der Waals surface area contributed by atoms with E-state index in [1.807, 2.05) is 23.1 Å². The average molecular weight is 561 g/mol. The van der Waals surface area contributed by atoms with Crippen molar-refractivity contribution in [1.29, 1.82) is 0 Å². The lowest BCUT2D eigenvalue weighted by Gasteiger charge is -2.52. The Morgan fingerprint density at radius 2 is 1.84 bits per heavy atom. The molecule has 2 N–H and O–H groups in total. The summed E-state index contributed by atoms with van der Waals surface area (Å²) in [6.07, 6.45) is 7.44. The first kappa shape index (κ1) is 29.0. The summed E-state index contributed by atoms with van der Waals surface area (Å²) in [6.45, 7) is 4.89. The van der Waals surface area contributed by atoms with Crippen LogP contribution in [-0.2, 0) is 16.1 Å². The second-order valence-electron chi connectivity index (χ2n) is 11.0. The van der Waals surface area contributed by atoms with Gasteiger partial charge in [-0.15, -0.1) is 23.7 Å². The van der Waals surface area contributed by atoms with Crippen LogP contribution in [0.1, 0.15) is 70.4 Å². The van der Waals surface area contributed by atoms with E-state index < -0.39 is 17.7 Å². The molecule has 1 aromatic carbocycles. The summed E-state index contributed by atoms with van der Waals surface area (Å²) in [7, 11) is 0. The van der Waals surface area contributed by atoms with Crippen LogP contribution in [-0.4, -0.2) is 69.0 Å². The van der Waals surface area contributed by atoms with E-state index in [1.54, 1.807) is 11.3 Å². The maximum atomic E-state index is 13.8. The number of thiazole rings is 1. The van der Waals surface area contributed by atoms with Gasteiger partial charge < -0.3 is 15.3 Å². The zero-order valence-electron chi connectivity index (χ0n) is 22.3. The van der Waals surface area contributed by atoms with Crippen LogP contribution in [0.2, 0.25) is 0 Å². The molecule has 1 spiro atoms.